The van der Waals surface area contributed by atoms with Gasteiger partial charge in [-0.05, 0) is 17.9 Å². The lowest BCUT2D eigenvalue weighted by molar-refractivity contribution is -0.147. The minimum atomic E-state index is -1.90. The monoisotopic (exact) mass is 391 g/mol. The maximum Gasteiger partial charge on any atom is 0.310 e. The van der Waals surface area contributed by atoms with Crippen molar-refractivity contribution in [3.05, 3.63) is 41.2 Å². The highest BCUT2D eigenvalue weighted by Crippen LogP contribution is 2.60. The number of hydrogen-bond donors (Lipinski definition) is 1. The fourth-order valence-corrected chi connectivity index (χ4v) is 3.17. The van der Waals surface area contributed by atoms with E-state index in [1.165, 1.54) is 0 Å². The molecule has 0 unspecified atom stereocenters. The van der Waals surface area contributed by atoms with Gasteiger partial charge >= 0.3 is 5.97 Å². The smallest absolute Gasteiger partial charge is 0.310 e. The normalized spacial score (nSPS) is 20.1. The van der Waals surface area contributed by atoms with Crippen LogP contribution in [0.15, 0.2) is 18.2 Å². The van der Waals surface area contributed by atoms with Crippen LogP contribution >= 0.6 is 0 Å². The zero-order valence-electron chi connectivity index (χ0n) is 15.3. The molecule has 150 valence electrons. The van der Waals surface area contributed by atoms with Gasteiger partial charge in [-0.3, -0.25) is 4.79 Å². The number of benzene rings is 1. The van der Waals surface area contributed by atoms with Crippen LogP contribution < -0.4 is 5.32 Å². The van der Waals surface area contributed by atoms with Crippen LogP contribution in [0.1, 0.15) is 39.2 Å². The molecule has 1 fully saturated rings. The number of halogens is 5. The van der Waals surface area contributed by atoms with Crippen molar-refractivity contribution < 1.29 is 31.5 Å². The third-order valence-electron chi connectivity index (χ3n) is 4.93. The summed E-state index contributed by atoms with van der Waals surface area (Å²) in [5, 5.41) is 2.69. The molecule has 3 nitrogen and oxygen atoms in total. The second-order valence-corrected chi connectivity index (χ2v) is 7.18. The Morgan fingerprint density at radius 3 is 2.52 bits per heavy atom. The fourth-order valence-electron chi connectivity index (χ4n) is 3.17. The Morgan fingerprint density at radius 2 is 1.93 bits per heavy atom. The largest absolute Gasteiger partial charge is 0.460 e. The van der Waals surface area contributed by atoms with Gasteiger partial charge in [0.25, 0.3) is 6.08 Å². The van der Waals surface area contributed by atoms with Crippen LogP contribution in [0.2, 0.25) is 0 Å². The lowest BCUT2D eigenvalue weighted by Crippen LogP contribution is -2.15. The van der Waals surface area contributed by atoms with E-state index in [0.717, 1.165) is 6.42 Å². The molecular weight excluding hydrogens is 369 g/mol. The van der Waals surface area contributed by atoms with Crippen LogP contribution in [-0.4, -0.2) is 12.5 Å². The van der Waals surface area contributed by atoms with Crippen LogP contribution in [0, 0.1) is 34.7 Å². The molecule has 0 saturated heterocycles. The van der Waals surface area contributed by atoms with Gasteiger partial charge in [-0.1, -0.05) is 27.2 Å². The Morgan fingerprint density at radius 1 is 1.26 bits per heavy atom. The summed E-state index contributed by atoms with van der Waals surface area (Å²) in [4.78, 5) is 12.2. The summed E-state index contributed by atoms with van der Waals surface area (Å²) in [6, 6.07) is 0.420. The summed E-state index contributed by atoms with van der Waals surface area (Å²) in [5.41, 5.74) is -1.44. The Hall–Kier alpha value is -2.12. The van der Waals surface area contributed by atoms with Crippen molar-refractivity contribution in [3.63, 3.8) is 0 Å². The SMILES string of the molecule is CCCCNc1c(F)cc(F)c(F)c1COC(=O)[C@@H]1[C@@H](C=C(F)F)C1(C)C. The van der Waals surface area contributed by atoms with E-state index >= 15 is 0 Å². The molecule has 1 aromatic rings. The Kier molecular flexibility index (Phi) is 6.49. The van der Waals surface area contributed by atoms with E-state index in [0.29, 0.717) is 25.1 Å². The number of unbranched alkanes of at least 4 members (excludes halogenated alkanes) is 1. The van der Waals surface area contributed by atoms with E-state index in [1.807, 2.05) is 6.92 Å². The lowest BCUT2D eigenvalue weighted by atomic mass is 10.1. The highest BCUT2D eigenvalue weighted by atomic mass is 19.3. The Balaban J connectivity index is 2.15. The maximum atomic E-state index is 14.1. The van der Waals surface area contributed by atoms with Gasteiger partial charge in [0.2, 0.25) is 0 Å². The van der Waals surface area contributed by atoms with Crippen molar-refractivity contribution in [2.45, 2.75) is 40.2 Å². The van der Waals surface area contributed by atoms with Crippen molar-refractivity contribution in [2.75, 3.05) is 11.9 Å². The summed E-state index contributed by atoms with van der Waals surface area (Å²) in [6.45, 7) is 4.80. The number of nitrogens with one attached hydrogen (secondary N) is 1. The topological polar surface area (TPSA) is 38.3 Å². The van der Waals surface area contributed by atoms with E-state index in [-0.39, 0.29) is 5.69 Å². The molecule has 1 aliphatic carbocycles. The number of rotatable bonds is 8. The predicted molar refractivity (Wildman–Crippen MR) is 90.6 cm³/mol. The zero-order chi connectivity index (χ0) is 20.4. The van der Waals surface area contributed by atoms with E-state index in [9.17, 15) is 26.7 Å². The number of esters is 1. The molecule has 1 aromatic carbocycles. The number of carbonyl (C=O) groups excluding carboxylic acids is 1. The van der Waals surface area contributed by atoms with E-state index in [4.69, 9.17) is 4.74 Å². The first-order valence-corrected chi connectivity index (χ1v) is 8.70. The lowest BCUT2D eigenvalue weighted by Gasteiger charge is -2.15. The van der Waals surface area contributed by atoms with Crippen LogP contribution in [-0.2, 0) is 16.1 Å². The molecule has 27 heavy (non-hydrogen) atoms. The molecule has 0 amide bonds. The maximum absolute atomic E-state index is 14.1. The zero-order valence-corrected chi connectivity index (χ0v) is 15.3. The van der Waals surface area contributed by atoms with Crippen molar-refractivity contribution in [2.24, 2.45) is 17.3 Å². The van der Waals surface area contributed by atoms with Gasteiger partial charge in [0.05, 0.1) is 17.2 Å². The number of ether oxygens (including phenoxy) is 1. The van der Waals surface area contributed by atoms with Crippen molar-refractivity contribution in [1.82, 2.24) is 0 Å². The van der Waals surface area contributed by atoms with E-state index in [1.54, 1.807) is 13.8 Å². The molecule has 0 heterocycles. The number of hydrogen-bond acceptors (Lipinski definition) is 3. The summed E-state index contributed by atoms with van der Waals surface area (Å²) in [6.07, 6.45) is 0.270. The van der Waals surface area contributed by atoms with Crippen LogP contribution in [0.5, 0.6) is 0 Å². The first kappa shape index (κ1) is 21.2. The van der Waals surface area contributed by atoms with Gasteiger partial charge in [-0.15, -0.1) is 0 Å². The molecule has 2 rings (SSSR count). The van der Waals surface area contributed by atoms with Gasteiger partial charge in [-0.2, -0.15) is 8.78 Å². The van der Waals surface area contributed by atoms with Crippen molar-refractivity contribution in [3.8, 4) is 0 Å². The average Bonchev–Trinajstić information content (AvgIpc) is 3.11. The first-order chi connectivity index (χ1) is 12.6. The van der Waals surface area contributed by atoms with Crippen LogP contribution in [0.25, 0.3) is 0 Å². The molecule has 0 spiro atoms. The molecule has 2 atom stereocenters. The van der Waals surface area contributed by atoms with Crippen LogP contribution in [0.3, 0.4) is 0 Å². The second-order valence-electron chi connectivity index (χ2n) is 7.18. The van der Waals surface area contributed by atoms with Gasteiger partial charge in [0.1, 0.15) is 12.4 Å². The summed E-state index contributed by atoms with van der Waals surface area (Å²) in [5.74, 6) is -6.05. The quantitative estimate of drug-likeness (QED) is 0.279. The van der Waals surface area contributed by atoms with Gasteiger partial charge < -0.3 is 10.1 Å². The number of allylic oxidation sites excluding steroid dienone is 1. The van der Waals surface area contributed by atoms with Crippen molar-refractivity contribution >= 4 is 11.7 Å². The average molecular weight is 391 g/mol. The predicted octanol–water partition coefficient (Wildman–Crippen LogP) is 5.41. The molecule has 1 aliphatic rings. The molecular formula is C19H22F5NO2. The Labute approximate surface area is 154 Å². The van der Waals surface area contributed by atoms with Crippen molar-refractivity contribution in [1.29, 1.82) is 0 Å². The molecule has 8 heteroatoms. The highest BCUT2D eigenvalue weighted by molar-refractivity contribution is 5.78. The first-order valence-electron chi connectivity index (χ1n) is 8.70. The van der Waals surface area contributed by atoms with Gasteiger partial charge in [-0.25, -0.2) is 13.2 Å². The number of carbonyl (C=O) groups is 1. The molecule has 1 N–H and O–H groups in total. The van der Waals surface area contributed by atoms with E-state index < -0.39 is 58.9 Å². The third kappa shape index (κ3) is 4.59. The van der Waals surface area contributed by atoms with Crippen LogP contribution in [0.4, 0.5) is 27.6 Å². The fraction of sp³-hybridized carbons (Fsp3) is 0.526. The molecule has 1 saturated carbocycles. The Bertz CT molecular complexity index is 744. The number of anilines is 1. The summed E-state index contributed by atoms with van der Waals surface area (Å²) < 4.78 is 71.7. The minimum Gasteiger partial charge on any atom is -0.460 e. The van der Waals surface area contributed by atoms with Gasteiger partial charge in [0.15, 0.2) is 11.6 Å². The summed E-state index contributed by atoms with van der Waals surface area (Å²) in [7, 11) is 0. The minimum absolute atomic E-state index is 0.267. The highest BCUT2D eigenvalue weighted by Gasteiger charge is 2.62. The molecule has 0 radical (unpaired) electrons. The molecule has 0 bridgehead atoms. The molecule has 0 aromatic heterocycles. The standard InChI is InChI=1S/C19H22F5NO2/c1-4-5-6-25-17-10(16(24)12(20)8-13(17)21)9-27-18(26)15-11(7-14(22)23)19(15,2)3/h7-8,11,15,25H,4-6,9H2,1-3H3/t11-,15+/m1/s1. The second kappa shape index (κ2) is 8.27. The molecule has 0 aliphatic heterocycles. The summed E-state index contributed by atoms with van der Waals surface area (Å²) >= 11 is 0. The van der Waals surface area contributed by atoms with Gasteiger partial charge in [0, 0.05) is 18.5 Å². The third-order valence-corrected chi connectivity index (χ3v) is 4.93. The van der Waals surface area contributed by atoms with E-state index in [2.05, 4.69) is 5.32 Å².